The summed E-state index contributed by atoms with van der Waals surface area (Å²) in [6, 6.07) is -0.0930. The fourth-order valence-electron chi connectivity index (χ4n) is 1.30. The Labute approximate surface area is 102 Å². The highest BCUT2D eigenvalue weighted by atomic mass is 16.5. The Morgan fingerprint density at radius 1 is 1.47 bits per heavy atom. The summed E-state index contributed by atoms with van der Waals surface area (Å²) in [5.41, 5.74) is 5.39. The van der Waals surface area contributed by atoms with Gasteiger partial charge in [-0.2, -0.15) is 0 Å². The van der Waals surface area contributed by atoms with E-state index in [4.69, 9.17) is 15.7 Å². The lowest BCUT2D eigenvalue weighted by atomic mass is 10.1. The van der Waals surface area contributed by atoms with E-state index < -0.39 is 0 Å². The molecule has 0 aliphatic rings. The molecule has 0 aliphatic heterocycles. The van der Waals surface area contributed by atoms with E-state index in [1.54, 1.807) is 0 Å². The van der Waals surface area contributed by atoms with Gasteiger partial charge in [0.05, 0.1) is 6.61 Å². The highest BCUT2D eigenvalue weighted by Gasteiger charge is 2.12. The molecule has 0 bridgehead atoms. The zero-order valence-corrected chi connectivity index (χ0v) is 10.6. The number of nitrogens with zero attached hydrogens (tertiary/aromatic N) is 1. The van der Waals surface area contributed by atoms with Crippen LogP contribution in [0.3, 0.4) is 0 Å². The zero-order valence-electron chi connectivity index (χ0n) is 10.6. The van der Waals surface area contributed by atoms with Gasteiger partial charge in [0.2, 0.25) is 5.91 Å². The van der Waals surface area contributed by atoms with Gasteiger partial charge in [0.1, 0.15) is 5.84 Å². The maximum absolute atomic E-state index is 11.5. The fraction of sp³-hybridized carbons (Fsp3) is 0.818. The van der Waals surface area contributed by atoms with E-state index in [2.05, 4.69) is 10.5 Å². The Bertz CT molecular complexity index is 244. The van der Waals surface area contributed by atoms with Crippen molar-refractivity contribution in [1.29, 1.82) is 0 Å². The van der Waals surface area contributed by atoms with E-state index in [0.29, 0.717) is 26.1 Å². The molecule has 0 heterocycles. The first-order valence-electron chi connectivity index (χ1n) is 5.97. The van der Waals surface area contributed by atoms with Crippen molar-refractivity contribution in [3.63, 3.8) is 0 Å². The molecule has 1 amide bonds. The van der Waals surface area contributed by atoms with Gasteiger partial charge in [-0.05, 0) is 12.8 Å². The Morgan fingerprint density at radius 3 is 2.71 bits per heavy atom. The summed E-state index contributed by atoms with van der Waals surface area (Å²) in [6.45, 7) is 5.06. The normalized spacial score (nSPS) is 13.4. The Hall–Kier alpha value is -1.30. The molecular formula is C11H23N3O3. The quantitative estimate of drug-likeness (QED) is 0.184. The number of oxime groups is 1. The minimum Gasteiger partial charge on any atom is -0.409 e. The van der Waals surface area contributed by atoms with Crippen LogP contribution in [0.1, 0.15) is 39.5 Å². The number of ether oxygens (including phenoxy) is 1. The molecule has 17 heavy (non-hydrogen) atoms. The van der Waals surface area contributed by atoms with Crippen molar-refractivity contribution in [2.45, 2.75) is 45.6 Å². The molecule has 0 aliphatic carbocycles. The van der Waals surface area contributed by atoms with Crippen molar-refractivity contribution in [3.8, 4) is 0 Å². The van der Waals surface area contributed by atoms with Crippen molar-refractivity contribution >= 4 is 11.7 Å². The van der Waals surface area contributed by atoms with Crippen LogP contribution in [0.15, 0.2) is 5.16 Å². The van der Waals surface area contributed by atoms with Crippen LogP contribution in [0.25, 0.3) is 0 Å². The Kier molecular flexibility index (Phi) is 9.14. The number of amidine groups is 1. The molecule has 0 aromatic carbocycles. The van der Waals surface area contributed by atoms with E-state index in [1.807, 2.05) is 13.8 Å². The number of amides is 1. The van der Waals surface area contributed by atoms with Crippen molar-refractivity contribution in [2.24, 2.45) is 10.9 Å². The molecule has 0 rings (SSSR count). The third kappa shape index (κ3) is 8.50. The summed E-state index contributed by atoms with van der Waals surface area (Å²) >= 11 is 0. The molecule has 6 heteroatoms. The predicted octanol–water partition coefficient (Wildman–Crippen LogP) is 0.834. The standard InChI is InChI=1S/C11H23N3O3/c1-3-6-17-7-5-11(15)13-9(4-2)8-10(12)14-16/h9,16H,3-8H2,1-2H3,(H2,12,14)(H,13,15). The van der Waals surface area contributed by atoms with Crippen LogP contribution < -0.4 is 11.1 Å². The van der Waals surface area contributed by atoms with E-state index >= 15 is 0 Å². The average Bonchev–Trinajstić information content (AvgIpc) is 2.33. The van der Waals surface area contributed by atoms with Crippen LogP contribution in [0.5, 0.6) is 0 Å². The zero-order chi connectivity index (χ0) is 13.1. The fourth-order valence-corrected chi connectivity index (χ4v) is 1.30. The molecule has 0 fully saturated rings. The van der Waals surface area contributed by atoms with Crippen molar-refractivity contribution in [2.75, 3.05) is 13.2 Å². The average molecular weight is 245 g/mol. The number of rotatable bonds is 9. The minimum atomic E-state index is -0.0930. The predicted molar refractivity (Wildman–Crippen MR) is 66.0 cm³/mol. The summed E-state index contributed by atoms with van der Waals surface area (Å²) in [7, 11) is 0. The first-order valence-corrected chi connectivity index (χ1v) is 5.97. The van der Waals surface area contributed by atoms with Crippen molar-refractivity contribution < 1.29 is 14.7 Å². The highest BCUT2D eigenvalue weighted by Crippen LogP contribution is 1.98. The second-order valence-electron chi connectivity index (χ2n) is 3.83. The van der Waals surface area contributed by atoms with Gasteiger partial charge >= 0.3 is 0 Å². The largest absolute Gasteiger partial charge is 0.409 e. The minimum absolute atomic E-state index is 0.0707. The molecule has 0 saturated carbocycles. The summed E-state index contributed by atoms with van der Waals surface area (Å²) in [5, 5.41) is 14.2. The molecule has 0 aromatic rings. The number of hydrogen-bond donors (Lipinski definition) is 3. The summed E-state index contributed by atoms with van der Waals surface area (Å²) in [6.07, 6.45) is 2.38. The van der Waals surface area contributed by atoms with Crippen molar-refractivity contribution in [1.82, 2.24) is 5.32 Å². The molecule has 0 radical (unpaired) electrons. The van der Waals surface area contributed by atoms with E-state index in [1.165, 1.54) is 0 Å². The first kappa shape index (κ1) is 15.7. The van der Waals surface area contributed by atoms with E-state index in [9.17, 15) is 4.79 Å². The van der Waals surface area contributed by atoms with Crippen LogP contribution in [-0.4, -0.2) is 36.2 Å². The van der Waals surface area contributed by atoms with Gasteiger partial charge in [0.15, 0.2) is 0 Å². The van der Waals surface area contributed by atoms with Gasteiger partial charge < -0.3 is 21.0 Å². The molecule has 1 atom stereocenters. The van der Waals surface area contributed by atoms with E-state index in [-0.39, 0.29) is 17.8 Å². The van der Waals surface area contributed by atoms with E-state index in [0.717, 1.165) is 12.8 Å². The summed E-state index contributed by atoms with van der Waals surface area (Å²) in [5.74, 6) is 0.0538. The molecule has 0 spiro atoms. The monoisotopic (exact) mass is 245 g/mol. The molecule has 0 aromatic heterocycles. The SMILES string of the molecule is CCCOCCC(=O)NC(CC)C/C(N)=N/O. The van der Waals surface area contributed by atoms with Gasteiger partial charge in [-0.3, -0.25) is 4.79 Å². The number of carbonyl (C=O) groups is 1. The molecular weight excluding hydrogens is 222 g/mol. The molecule has 0 saturated heterocycles. The summed E-state index contributed by atoms with van der Waals surface area (Å²) < 4.78 is 5.22. The van der Waals surface area contributed by atoms with Crippen LogP contribution in [-0.2, 0) is 9.53 Å². The van der Waals surface area contributed by atoms with Crippen LogP contribution in [0.4, 0.5) is 0 Å². The lowest BCUT2D eigenvalue weighted by Crippen LogP contribution is -2.37. The number of hydrogen-bond acceptors (Lipinski definition) is 4. The molecule has 6 nitrogen and oxygen atoms in total. The smallest absolute Gasteiger partial charge is 0.222 e. The van der Waals surface area contributed by atoms with Gasteiger partial charge in [0, 0.05) is 25.5 Å². The second-order valence-corrected chi connectivity index (χ2v) is 3.83. The third-order valence-corrected chi connectivity index (χ3v) is 2.26. The third-order valence-electron chi connectivity index (χ3n) is 2.26. The number of nitrogens with two attached hydrogens (primary N) is 1. The topological polar surface area (TPSA) is 96.9 Å². The van der Waals surface area contributed by atoms with Gasteiger partial charge in [-0.1, -0.05) is 19.0 Å². The van der Waals surface area contributed by atoms with Crippen LogP contribution in [0.2, 0.25) is 0 Å². The van der Waals surface area contributed by atoms with Gasteiger partial charge in [0.25, 0.3) is 0 Å². The van der Waals surface area contributed by atoms with Gasteiger partial charge in [-0.25, -0.2) is 0 Å². The number of carbonyl (C=O) groups excluding carboxylic acids is 1. The second kappa shape index (κ2) is 9.89. The molecule has 4 N–H and O–H groups in total. The molecule has 1 unspecified atom stereocenters. The lowest BCUT2D eigenvalue weighted by Gasteiger charge is -2.16. The van der Waals surface area contributed by atoms with Gasteiger partial charge in [-0.15, -0.1) is 0 Å². The Balaban J connectivity index is 3.82. The highest BCUT2D eigenvalue weighted by molar-refractivity contribution is 5.82. The number of nitrogens with one attached hydrogen (secondary N) is 1. The maximum atomic E-state index is 11.5. The maximum Gasteiger partial charge on any atom is 0.222 e. The lowest BCUT2D eigenvalue weighted by molar-refractivity contribution is -0.122. The van der Waals surface area contributed by atoms with Crippen molar-refractivity contribution in [3.05, 3.63) is 0 Å². The van der Waals surface area contributed by atoms with Crippen LogP contribution in [0, 0.1) is 0 Å². The first-order chi connectivity index (χ1) is 8.13. The molecule has 100 valence electrons. The Morgan fingerprint density at radius 2 is 2.18 bits per heavy atom. The summed E-state index contributed by atoms with van der Waals surface area (Å²) in [4.78, 5) is 11.5. The van der Waals surface area contributed by atoms with Crippen LogP contribution >= 0.6 is 0 Å².